The molecule has 0 bridgehead atoms. The molecule has 1 N–H and O–H groups in total. The second-order valence-electron chi connectivity index (χ2n) is 6.65. The molecule has 0 amide bonds. The summed E-state index contributed by atoms with van der Waals surface area (Å²) in [6.45, 7) is 1.77. The maximum atomic E-state index is 5.59. The third-order valence-corrected chi connectivity index (χ3v) is 4.86. The summed E-state index contributed by atoms with van der Waals surface area (Å²) in [4.78, 5) is 11.1. The van der Waals surface area contributed by atoms with E-state index in [9.17, 15) is 0 Å². The van der Waals surface area contributed by atoms with Crippen LogP contribution in [-0.4, -0.2) is 51.0 Å². The lowest BCUT2D eigenvalue weighted by Crippen LogP contribution is -2.27. The fourth-order valence-corrected chi connectivity index (χ4v) is 3.23. The number of aromatic nitrogens is 5. The average molecular weight is 329 g/mol. The van der Waals surface area contributed by atoms with Crippen LogP contribution in [0.25, 0.3) is 0 Å². The number of hydrogen-bond acceptors (Lipinski definition) is 7. The van der Waals surface area contributed by atoms with E-state index >= 15 is 0 Å². The van der Waals surface area contributed by atoms with E-state index in [4.69, 9.17) is 4.74 Å². The summed E-state index contributed by atoms with van der Waals surface area (Å²) in [7, 11) is 3.72. The minimum Gasteiger partial charge on any atom is -0.380 e. The number of nitrogens with zero attached hydrogens (tertiary/aromatic N) is 6. The van der Waals surface area contributed by atoms with Crippen LogP contribution in [0.2, 0.25) is 0 Å². The largest absolute Gasteiger partial charge is 0.380 e. The van der Waals surface area contributed by atoms with Crippen molar-refractivity contribution >= 4 is 11.6 Å². The van der Waals surface area contributed by atoms with Gasteiger partial charge in [-0.15, -0.1) is 10.2 Å². The Kier molecular flexibility index (Phi) is 4.05. The maximum Gasteiger partial charge on any atom is 0.155 e. The standard InChI is InChI=1S/C16H23N7O/c1-22-10-20-21-16(22)13-5-12(24-2)8-23(13)15-6-14(18-9-19-15)17-7-11-3-4-11/h6,9-13H,3-5,7-8H2,1-2H3,(H,17,18,19)/t12-,13+/m1/s1. The van der Waals surface area contributed by atoms with Gasteiger partial charge in [0, 0.05) is 39.7 Å². The summed E-state index contributed by atoms with van der Waals surface area (Å²) < 4.78 is 7.55. The van der Waals surface area contributed by atoms with Crippen molar-refractivity contribution < 1.29 is 4.74 Å². The Morgan fingerprint density at radius 2 is 2.21 bits per heavy atom. The van der Waals surface area contributed by atoms with Gasteiger partial charge in [0.1, 0.15) is 24.3 Å². The Bertz CT molecular complexity index is 699. The fourth-order valence-electron chi connectivity index (χ4n) is 3.23. The highest BCUT2D eigenvalue weighted by Gasteiger charge is 2.36. The Morgan fingerprint density at radius 3 is 2.92 bits per heavy atom. The van der Waals surface area contributed by atoms with Gasteiger partial charge >= 0.3 is 0 Å². The summed E-state index contributed by atoms with van der Waals surface area (Å²) in [5.41, 5.74) is 0. The summed E-state index contributed by atoms with van der Waals surface area (Å²) in [6, 6.07) is 2.12. The molecule has 0 unspecified atom stereocenters. The van der Waals surface area contributed by atoms with E-state index in [2.05, 4.69) is 30.4 Å². The van der Waals surface area contributed by atoms with Crippen molar-refractivity contribution in [2.24, 2.45) is 13.0 Å². The van der Waals surface area contributed by atoms with Crippen molar-refractivity contribution in [3.8, 4) is 0 Å². The van der Waals surface area contributed by atoms with Gasteiger partial charge < -0.3 is 19.5 Å². The van der Waals surface area contributed by atoms with Crippen LogP contribution >= 0.6 is 0 Å². The van der Waals surface area contributed by atoms with Crippen LogP contribution in [0.3, 0.4) is 0 Å². The molecular formula is C16H23N7O. The average Bonchev–Trinajstić information content (AvgIpc) is 3.18. The number of hydrogen-bond donors (Lipinski definition) is 1. The predicted octanol–water partition coefficient (Wildman–Crippen LogP) is 1.39. The van der Waals surface area contributed by atoms with E-state index < -0.39 is 0 Å². The second-order valence-corrected chi connectivity index (χ2v) is 6.65. The molecule has 0 aromatic carbocycles. The minimum absolute atomic E-state index is 0.105. The van der Waals surface area contributed by atoms with E-state index in [1.54, 1.807) is 19.8 Å². The molecule has 2 aromatic heterocycles. The smallest absolute Gasteiger partial charge is 0.155 e. The fraction of sp³-hybridized carbons (Fsp3) is 0.625. The van der Waals surface area contributed by atoms with Crippen LogP contribution in [-0.2, 0) is 11.8 Å². The van der Waals surface area contributed by atoms with Crippen LogP contribution in [0.5, 0.6) is 0 Å². The number of anilines is 2. The van der Waals surface area contributed by atoms with Crippen molar-refractivity contribution in [1.82, 2.24) is 24.7 Å². The number of aryl methyl sites for hydroxylation is 1. The number of ether oxygens (including phenoxy) is 1. The van der Waals surface area contributed by atoms with Crippen LogP contribution < -0.4 is 10.2 Å². The Hall–Kier alpha value is -2.22. The first-order chi connectivity index (χ1) is 11.7. The lowest BCUT2D eigenvalue weighted by molar-refractivity contribution is 0.118. The molecule has 8 nitrogen and oxygen atoms in total. The molecule has 3 heterocycles. The molecule has 2 aromatic rings. The molecule has 1 saturated heterocycles. The van der Waals surface area contributed by atoms with E-state index in [0.717, 1.165) is 42.9 Å². The van der Waals surface area contributed by atoms with Gasteiger partial charge in [-0.25, -0.2) is 9.97 Å². The molecule has 0 spiro atoms. The molecule has 1 aliphatic heterocycles. The highest BCUT2D eigenvalue weighted by Crippen LogP contribution is 2.36. The first kappa shape index (κ1) is 15.3. The quantitative estimate of drug-likeness (QED) is 0.857. The summed E-state index contributed by atoms with van der Waals surface area (Å²) in [5, 5.41) is 11.7. The zero-order chi connectivity index (χ0) is 16.5. The lowest BCUT2D eigenvalue weighted by Gasteiger charge is -2.24. The number of rotatable bonds is 6. The third kappa shape index (κ3) is 3.06. The zero-order valence-electron chi connectivity index (χ0n) is 14.1. The third-order valence-electron chi connectivity index (χ3n) is 4.86. The van der Waals surface area contributed by atoms with Crippen LogP contribution in [0.15, 0.2) is 18.7 Å². The van der Waals surface area contributed by atoms with E-state index in [1.807, 2.05) is 17.7 Å². The molecule has 24 heavy (non-hydrogen) atoms. The van der Waals surface area contributed by atoms with E-state index in [1.165, 1.54) is 12.8 Å². The molecule has 8 heteroatoms. The highest BCUT2D eigenvalue weighted by molar-refractivity contribution is 5.50. The van der Waals surface area contributed by atoms with Crippen LogP contribution in [0.1, 0.15) is 31.1 Å². The topological polar surface area (TPSA) is 81.0 Å². The molecule has 1 aliphatic carbocycles. The number of methoxy groups -OCH3 is 1. The highest BCUT2D eigenvalue weighted by atomic mass is 16.5. The molecule has 0 radical (unpaired) electrons. The van der Waals surface area contributed by atoms with Gasteiger partial charge in [0.2, 0.25) is 0 Å². The summed E-state index contributed by atoms with van der Waals surface area (Å²) >= 11 is 0. The molecule has 2 aliphatic rings. The molecule has 4 rings (SSSR count). The van der Waals surface area contributed by atoms with Gasteiger partial charge in [0.05, 0.1) is 12.1 Å². The summed E-state index contributed by atoms with van der Waals surface area (Å²) in [6.07, 6.45) is 7.03. The van der Waals surface area contributed by atoms with Crippen molar-refractivity contribution in [2.75, 3.05) is 30.4 Å². The van der Waals surface area contributed by atoms with Gasteiger partial charge in [-0.1, -0.05) is 0 Å². The van der Waals surface area contributed by atoms with Crippen molar-refractivity contribution in [3.05, 3.63) is 24.5 Å². The Labute approximate surface area is 141 Å². The van der Waals surface area contributed by atoms with Gasteiger partial charge in [-0.3, -0.25) is 0 Å². The van der Waals surface area contributed by atoms with Gasteiger partial charge in [-0.05, 0) is 18.8 Å². The normalized spacial score (nSPS) is 23.7. The zero-order valence-corrected chi connectivity index (χ0v) is 14.1. The monoisotopic (exact) mass is 329 g/mol. The predicted molar refractivity (Wildman–Crippen MR) is 89.7 cm³/mol. The van der Waals surface area contributed by atoms with Gasteiger partial charge in [0.15, 0.2) is 5.82 Å². The molecule has 128 valence electrons. The van der Waals surface area contributed by atoms with Gasteiger partial charge in [-0.2, -0.15) is 0 Å². The maximum absolute atomic E-state index is 5.59. The summed E-state index contributed by atoms with van der Waals surface area (Å²) in [5.74, 6) is 3.51. The van der Waals surface area contributed by atoms with Gasteiger partial charge in [0.25, 0.3) is 0 Å². The van der Waals surface area contributed by atoms with Crippen LogP contribution in [0, 0.1) is 5.92 Å². The molecule has 1 saturated carbocycles. The molecule has 2 atom stereocenters. The first-order valence-electron chi connectivity index (χ1n) is 8.44. The van der Waals surface area contributed by atoms with E-state index in [-0.39, 0.29) is 12.1 Å². The minimum atomic E-state index is 0.105. The SMILES string of the molecule is CO[C@@H]1C[C@@H](c2nncn2C)N(c2cc(NCC3CC3)ncn2)C1. The van der Waals surface area contributed by atoms with E-state index in [0.29, 0.717) is 0 Å². The Morgan fingerprint density at radius 1 is 1.33 bits per heavy atom. The molecule has 2 fully saturated rings. The van der Waals surface area contributed by atoms with Crippen molar-refractivity contribution in [2.45, 2.75) is 31.4 Å². The molecular weight excluding hydrogens is 306 g/mol. The Balaban J connectivity index is 1.57. The van der Waals surface area contributed by atoms with Crippen molar-refractivity contribution in [3.63, 3.8) is 0 Å². The second kappa shape index (κ2) is 6.35. The van der Waals surface area contributed by atoms with Crippen molar-refractivity contribution in [1.29, 1.82) is 0 Å². The van der Waals surface area contributed by atoms with Crippen LogP contribution in [0.4, 0.5) is 11.6 Å². The lowest BCUT2D eigenvalue weighted by atomic mass is 10.2. The number of nitrogens with one attached hydrogen (secondary N) is 1. The first-order valence-corrected chi connectivity index (χ1v) is 8.44.